The Bertz CT molecular complexity index is 644. The lowest BCUT2D eigenvalue weighted by Gasteiger charge is -2.16. The second-order valence-corrected chi connectivity index (χ2v) is 5.63. The van der Waals surface area contributed by atoms with Gasteiger partial charge in [-0.2, -0.15) is 0 Å². The van der Waals surface area contributed by atoms with E-state index in [0.29, 0.717) is 15.8 Å². The van der Waals surface area contributed by atoms with Gasteiger partial charge in [0, 0.05) is 10.0 Å². The van der Waals surface area contributed by atoms with Gasteiger partial charge in [0.05, 0.1) is 18.8 Å². The molecular formula is C15H17Cl2N3O2. The second kappa shape index (κ2) is 7.54. The molecule has 0 aliphatic rings. The number of benzene rings is 1. The summed E-state index contributed by atoms with van der Waals surface area (Å²) in [6.45, 7) is 2.01. The molecule has 1 aromatic heterocycles. The zero-order chi connectivity index (χ0) is 16.1. The second-order valence-electron chi connectivity index (χ2n) is 4.79. The van der Waals surface area contributed by atoms with Gasteiger partial charge in [0.25, 0.3) is 0 Å². The number of halogens is 2. The Balaban J connectivity index is 1.95. The Morgan fingerprint density at radius 2 is 2.18 bits per heavy atom. The Hall–Kier alpha value is -1.69. The van der Waals surface area contributed by atoms with Crippen molar-refractivity contribution >= 4 is 29.2 Å². The minimum atomic E-state index is -0.829. The molecule has 0 amide bonds. The standard InChI is InChI=1S/C15H17Cl2N3O2/c1-9(11-5-4-10(16)7-12(11)17)20-15(18)19-8-13(21)14-3-2-6-22-14/h2-7,9,13,21H,8H2,1H3,(H3,18,19,20). The molecule has 118 valence electrons. The number of furan rings is 1. The van der Waals surface area contributed by atoms with E-state index in [1.807, 2.05) is 13.0 Å². The molecule has 2 aromatic rings. The number of aliphatic imine (C=N–C) groups is 1. The summed E-state index contributed by atoms with van der Waals surface area (Å²) in [6, 6.07) is 8.50. The molecule has 2 unspecified atom stereocenters. The van der Waals surface area contributed by atoms with Crippen LogP contribution in [0.1, 0.15) is 30.4 Å². The number of hydrogen-bond acceptors (Lipinski definition) is 3. The summed E-state index contributed by atoms with van der Waals surface area (Å²) in [5.74, 6) is 0.662. The fraction of sp³-hybridized carbons (Fsp3) is 0.267. The summed E-state index contributed by atoms with van der Waals surface area (Å²) in [5.41, 5.74) is 6.68. The van der Waals surface area contributed by atoms with Crippen LogP contribution in [0.2, 0.25) is 10.0 Å². The highest BCUT2D eigenvalue weighted by Gasteiger charge is 2.12. The van der Waals surface area contributed by atoms with Crippen LogP contribution in [0.25, 0.3) is 0 Å². The summed E-state index contributed by atoms with van der Waals surface area (Å²) in [4.78, 5) is 4.10. The topological polar surface area (TPSA) is 83.8 Å². The molecule has 0 saturated heterocycles. The third-order valence-corrected chi connectivity index (χ3v) is 3.66. The van der Waals surface area contributed by atoms with Gasteiger partial charge in [-0.05, 0) is 36.8 Å². The van der Waals surface area contributed by atoms with Crippen molar-refractivity contribution in [3.8, 4) is 0 Å². The lowest BCUT2D eigenvalue weighted by molar-refractivity contribution is 0.158. The van der Waals surface area contributed by atoms with Crippen LogP contribution in [0.15, 0.2) is 46.0 Å². The van der Waals surface area contributed by atoms with Crippen LogP contribution in [0, 0.1) is 0 Å². The zero-order valence-corrected chi connectivity index (χ0v) is 13.5. The van der Waals surface area contributed by atoms with Crippen LogP contribution < -0.4 is 11.1 Å². The van der Waals surface area contributed by atoms with Crippen molar-refractivity contribution in [1.82, 2.24) is 5.32 Å². The van der Waals surface area contributed by atoms with E-state index in [1.165, 1.54) is 6.26 Å². The first kappa shape index (κ1) is 16.7. The molecule has 7 heteroatoms. The predicted molar refractivity (Wildman–Crippen MR) is 88.2 cm³/mol. The van der Waals surface area contributed by atoms with E-state index in [4.69, 9.17) is 33.4 Å². The molecule has 2 atom stereocenters. The van der Waals surface area contributed by atoms with Gasteiger partial charge in [-0.25, -0.2) is 0 Å². The number of rotatable bonds is 5. The van der Waals surface area contributed by atoms with E-state index in [9.17, 15) is 5.11 Å². The quantitative estimate of drug-likeness (QED) is 0.575. The Labute approximate surface area is 138 Å². The van der Waals surface area contributed by atoms with E-state index in [-0.39, 0.29) is 18.5 Å². The smallest absolute Gasteiger partial charge is 0.189 e. The van der Waals surface area contributed by atoms with Gasteiger partial charge < -0.3 is 20.6 Å². The van der Waals surface area contributed by atoms with Crippen LogP contribution in [0.5, 0.6) is 0 Å². The minimum absolute atomic E-state index is 0.105. The molecule has 0 aliphatic carbocycles. The molecule has 0 saturated carbocycles. The molecule has 0 radical (unpaired) electrons. The van der Waals surface area contributed by atoms with E-state index in [0.717, 1.165) is 5.56 Å². The molecule has 1 aromatic carbocycles. The summed E-state index contributed by atoms with van der Waals surface area (Å²) >= 11 is 12.0. The van der Waals surface area contributed by atoms with E-state index in [1.54, 1.807) is 24.3 Å². The van der Waals surface area contributed by atoms with E-state index < -0.39 is 6.10 Å². The molecule has 5 nitrogen and oxygen atoms in total. The fourth-order valence-electron chi connectivity index (χ4n) is 1.95. The number of aliphatic hydroxyl groups excluding tert-OH is 1. The fourth-order valence-corrected chi connectivity index (χ4v) is 2.53. The summed E-state index contributed by atoms with van der Waals surface area (Å²) in [5, 5.41) is 14.0. The maximum absolute atomic E-state index is 9.86. The molecular weight excluding hydrogens is 325 g/mol. The first-order valence-corrected chi connectivity index (χ1v) is 7.46. The van der Waals surface area contributed by atoms with Crippen LogP contribution in [-0.4, -0.2) is 17.6 Å². The maximum Gasteiger partial charge on any atom is 0.189 e. The normalized spacial score (nSPS) is 14.6. The maximum atomic E-state index is 9.86. The van der Waals surface area contributed by atoms with Gasteiger partial charge in [-0.1, -0.05) is 29.3 Å². The molecule has 0 bridgehead atoms. The van der Waals surface area contributed by atoms with E-state index in [2.05, 4.69) is 10.3 Å². The van der Waals surface area contributed by atoms with Crippen LogP contribution in [0.4, 0.5) is 0 Å². The number of guanidine groups is 1. The number of aliphatic hydroxyl groups is 1. The molecule has 0 spiro atoms. The molecule has 2 rings (SSSR count). The summed E-state index contributed by atoms with van der Waals surface area (Å²) in [7, 11) is 0. The predicted octanol–water partition coefficient (Wildman–Crippen LogP) is 3.29. The van der Waals surface area contributed by atoms with E-state index >= 15 is 0 Å². The van der Waals surface area contributed by atoms with Crippen molar-refractivity contribution in [2.45, 2.75) is 19.1 Å². The van der Waals surface area contributed by atoms with Gasteiger partial charge in [0.15, 0.2) is 5.96 Å². The highest BCUT2D eigenvalue weighted by molar-refractivity contribution is 6.35. The lowest BCUT2D eigenvalue weighted by Crippen LogP contribution is -2.34. The molecule has 22 heavy (non-hydrogen) atoms. The monoisotopic (exact) mass is 341 g/mol. The van der Waals surface area contributed by atoms with Crippen molar-refractivity contribution in [2.75, 3.05) is 6.54 Å². The third kappa shape index (κ3) is 4.40. The molecule has 0 aliphatic heterocycles. The minimum Gasteiger partial charge on any atom is -0.467 e. The average molecular weight is 342 g/mol. The highest BCUT2D eigenvalue weighted by Crippen LogP contribution is 2.25. The van der Waals surface area contributed by atoms with Gasteiger partial charge in [-0.3, -0.25) is 4.99 Å². The molecule has 0 fully saturated rings. The Kier molecular flexibility index (Phi) is 5.71. The first-order valence-electron chi connectivity index (χ1n) is 6.70. The Morgan fingerprint density at radius 3 is 2.82 bits per heavy atom. The van der Waals surface area contributed by atoms with Crippen molar-refractivity contribution in [3.63, 3.8) is 0 Å². The van der Waals surface area contributed by atoms with Crippen LogP contribution >= 0.6 is 23.2 Å². The van der Waals surface area contributed by atoms with Crippen molar-refractivity contribution in [2.24, 2.45) is 10.7 Å². The van der Waals surface area contributed by atoms with Crippen molar-refractivity contribution in [3.05, 3.63) is 58.0 Å². The van der Waals surface area contributed by atoms with Gasteiger partial charge in [0.2, 0.25) is 0 Å². The molecule has 4 N–H and O–H groups in total. The highest BCUT2D eigenvalue weighted by atomic mass is 35.5. The average Bonchev–Trinajstić information content (AvgIpc) is 2.98. The van der Waals surface area contributed by atoms with Gasteiger partial charge in [-0.15, -0.1) is 0 Å². The number of nitrogens with zero attached hydrogens (tertiary/aromatic N) is 1. The van der Waals surface area contributed by atoms with Crippen molar-refractivity contribution < 1.29 is 9.52 Å². The lowest BCUT2D eigenvalue weighted by atomic mass is 10.1. The largest absolute Gasteiger partial charge is 0.467 e. The SMILES string of the molecule is CC(NC(N)=NCC(O)c1ccco1)c1ccc(Cl)cc1Cl. The number of hydrogen-bond donors (Lipinski definition) is 3. The number of nitrogens with one attached hydrogen (secondary N) is 1. The summed E-state index contributed by atoms with van der Waals surface area (Å²) < 4.78 is 5.09. The summed E-state index contributed by atoms with van der Waals surface area (Å²) in [6.07, 6.45) is 0.666. The Morgan fingerprint density at radius 1 is 1.41 bits per heavy atom. The molecule has 1 heterocycles. The van der Waals surface area contributed by atoms with Crippen molar-refractivity contribution in [1.29, 1.82) is 0 Å². The number of nitrogens with two attached hydrogens (primary N) is 1. The first-order chi connectivity index (χ1) is 10.5. The zero-order valence-electron chi connectivity index (χ0n) is 12.0. The van der Waals surface area contributed by atoms with Crippen LogP contribution in [-0.2, 0) is 0 Å². The van der Waals surface area contributed by atoms with Crippen LogP contribution in [0.3, 0.4) is 0 Å². The third-order valence-electron chi connectivity index (χ3n) is 3.10. The van der Waals surface area contributed by atoms with Gasteiger partial charge >= 0.3 is 0 Å². The van der Waals surface area contributed by atoms with Gasteiger partial charge in [0.1, 0.15) is 11.9 Å².